The van der Waals surface area contributed by atoms with Crippen molar-refractivity contribution in [2.45, 2.75) is 44.4 Å². The van der Waals surface area contributed by atoms with Crippen molar-refractivity contribution in [2.24, 2.45) is 0 Å². The van der Waals surface area contributed by atoms with Crippen LogP contribution in [0.4, 0.5) is 5.13 Å². The summed E-state index contributed by atoms with van der Waals surface area (Å²) in [6.07, 6.45) is 4.85. The Kier molecular flexibility index (Phi) is 4.01. The third kappa shape index (κ3) is 2.70. The molecule has 5 heteroatoms. The fourth-order valence-electron chi connectivity index (χ4n) is 3.05. The quantitative estimate of drug-likeness (QED) is 0.939. The van der Waals surface area contributed by atoms with Crippen LogP contribution in [0.25, 0.3) is 0 Å². The Morgan fingerprint density at radius 1 is 1.24 bits per heavy atom. The smallest absolute Gasteiger partial charge is 0.236 e. The SMILES string of the molecule is CCc1nnc(NC(=O)C2(c3ccccc3)CCCC2)s1. The summed E-state index contributed by atoms with van der Waals surface area (Å²) in [7, 11) is 0. The van der Waals surface area contributed by atoms with E-state index in [-0.39, 0.29) is 5.91 Å². The predicted molar refractivity (Wildman–Crippen MR) is 84.5 cm³/mol. The zero-order chi connectivity index (χ0) is 14.7. The average molecular weight is 301 g/mol. The highest BCUT2D eigenvalue weighted by atomic mass is 32.1. The van der Waals surface area contributed by atoms with Crippen LogP contribution in [0.1, 0.15) is 43.2 Å². The van der Waals surface area contributed by atoms with Gasteiger partial charge < -0.3 is 0 Å². The van der Waals surface area contributed by atoms with Crippen LogP contribution < -0.4 is 5.32 Å². The fourth-order valence-corrected chi connectivity index (χ4v) is 3.72. The van der Waals surface area contributed by atoms with E-state index in [1.165, 1.54) is 11.3 Å². The minimum absolute atomic E-state index is 0.0602. The highest BCUT2D eigenvalue weighted by Gasteiger charge is 2.42. The lowest BCUT2D eigenvalue weighted by atomic mass is 9.78. The summed E-state index contributed by atoms with van der Waals surface area (Å²) in [6, 6.07) is 10.1. The number of nitrogens with one attached hydrogen (secondary N) is 1. The second-order valence-corrected chi connectivity index (χ2v) is 6.53. The summed E-state index contributed by atoms with van der Waals surface area (Å²) in [5.41, 5.74) is 0.708. The molecule has 0 unspecified atom stereocenters. The fraction of sp³-hybridized carbons (Fsp3) is 0.438. The molecule has 2 aromatic rings. The minimum Gasteiger partial charge on any atom is -0.300 e. The molecule has 0 spiro atoms. The maximum absolute atomic E-state index is 12.9. The van der Waals surface area contributed by atoms with Gasteiger partial charge in [0.25, 0.3) is 0 Å². The first-order chi connectivity index (χ1) is 10.2. The van der Waals surface area contributed by atoms with Crippen molar-refractivity contribution in [1.29, 1.82) is 0 Å². The third-order valence-corrected chi connectivity index (χ3v) is 5.19. The Bertz CT molecular complexity index is 617. The first kappa shape index (κ1) is 14.2. The zero-order valence-corrected chi connectivity index (χ0v) is 12.9. The van der Waals surface area contributed by atoms with Gasteiger partial charge in [0.05, 0.1) is 5.41 Å². The first-order valence-electron chi connectivity index (χ1n) is 7.44. The predicted octanol–water partition coefficient (Wildman–Crippen LogP) is 3.55. The lowest BCUT2D eigenvalue weighted by Crippen LogP contribution is -2.37. The number of hydrogen-bond acceptors (Lipinski definition) is 4. The van der Waals surface area contributed by atoms with E-state index in [2.05, 4.69) is 27.6 Å². The molecule has 1 saturated carbocycles. The standard InChI is InChI=1S/C16H19N3OS/c1-2-13-18-19-15(21-13)17-14(20)16(10-6-7-11-16)12-8-4-3-5-9-12/h3-5,8-9H,2,6-7,10-11H2,1H3,(H,17,19,20). The van der Waals surface area contributed by atoms with E-state index in [4.69, 9.17) is 0 Å². The number of rotatable bonds is 4. The summed E-state index contributed by atoms with van der Waals surface area (Å²) in [6.45, 7) is 2.04. The third-order valence-electron chi connectivity index (χ3n) is 4.21. The second kappa shape index (κ2) is 5.93. The van der Waals surface area contributed by atoms with Crippen molar-refractivity contribution in [1.82, 2.24) is 10.2 Å². The van der Waals surface area contributed by atoms with E-state index >= 15 is 0 Å². The van der Waals surface area contributed by atoms with Crippen molar-refractivity contribution in [3.05, 3.63) is 40.9 Å². The van der Waals surface area contributed by atoms with Gasteiger partial charge in [-0.05, 0) is 24.8 Å². The number of nitrogens with zero attached hydrogens (tertiary/aromatic N) is 2. The number of benzene rings is 1. The summed E-state index contributed by atoms with van der Waals surface area (Å²) in [5.74, 6) is 0.0602. The first-order valence-corrected chi connectivity index (χ1v) is 8.25. The Morgan fingerprint density at radius 3 is 2.57 bits per heavy atom. The van der Waals surface area contributed by atoms with Gasteiger partial charge in [-0.3, -0.25) is 10.1 Å². The molecule has 1 aliphatic rings. The molecular weight excluding hydrogens is 282 g/mol. The molecule has 1 heterocycles. The number of carbonyl (C=O) groups is 1. The number of aryl methyl sites for hydroxylation is 1. The van der Waals surface area contributed by atoms with Crippen molar-refractivity contribution < 1.29 is 4.79 Å². The molecule has 1 aromatic carbocycles. The van der Waals surface area contributed by atoms with Gasteiger partial charge in [-0.15, -0.1) is 10.2 Å². The molecule has 1 amide bonds. The maximum Gasteiger partial charge on any atom is 0.236 e. The van der Waals surface area contributed by atoms with Gasteiger partial charge in [0, 0.05) is 0 Å². The zero-order valence-electron chi connectivity index (χ0n) is 12.1. The van der Waals surface area contributed by atoms with E-state index in [9.17, 15) is 4.79 Å². The summed E-state index contributed by atoms with van der Waals surface area (Å²) >= 11 is 1.46. The Labute approximate surface area is 128 Å². The summed E-state index contributed by atoms with van der Waals surface area (Å²) in [5, 5.41) is 12.7. The summed E-state index contributed by atoms with van der Waals surface area (Å²) in [4.78, 5) is 12.9. The molecule has 1 N–H and O–H groups in total. The molecule has 1 aromatic heterocycles. The second-order valence-electron chi connectivity index (χ2n) is 5.46. The van der Waals surface area contributed by atoms with Gasteiger partial charge in [-0.2, -0.15) is 0 Å². The van der Waals surface area contributed by atoms with Crippen LogP contribution in [-0.4, -0.2) is 16.1 Å². The molecule has 0 bridgehead atoms. The van der Waals surface area contributed by atoms with Crippen molar-refractivity contribution >= 4 is 22.4 Å². The highest BCUT2D eigenvalue weighted by molar-refractivity contribution is 7.15. The number of hydrogen-bond donors (Lipinski definition) is 1. The average Bonchev–Trinajstić information content (AvgIpc) is 3.18. The van der Waals surface area contributed by atoms with Crippen molar-refractivity contribution in [3.63, 3.8) is 0 Å². The molecular formula is C16H19N3OS. The number of aromatic nitrogens is 2. The molecule has 0 aliphatic heterocycles. The number of carbonyl (C=O) groups excluding carboxylic acids is 1. The van der Waals surface area contributed by atoms with Gasteiger partial charge in [0.2, 0.25) is 11.0 Å². The lowest BCUT2D eigenvalue weighted by molar-refractivity contribution is -0.121. The largest absolute Gasteiger partial charge is 0.300 e. The van der Waals surface area contributed by atoms with E-state index in [0.29, 0.717) is 5.13 Å². The van der Waals surface area contributed by atoms with Gasteiger partial charge in [0.15, 0.2) is 0 Å². The van der Waals surface area contributed by atoms with Gasteiger partial charge in [0.1, 0.15) is 5.01 Å². The molecule has 1 fully saturated rings. The summed E-state index contributed by atoms with van der Waals surface area (Å²) < 4.78 is 0. The van der Waals surface area contributed by atoms with Crippen LogP contribution in [0, 0.1) is 0 Å². The van der Waals surface area contributed by atoms with Gasteiger partial charge in [-0.25, -0.2) is 0 Å². The minimum atomic E-state index is -0.403. The maximum atomic E-state index is 12.9. The van der Waals surface area contributed by atoms with E-state index in [1.807, 2.05) is 25.1 Å². The van der Waals surface area contributed by atoms with Crippen LogP contribution in [0.3, 0.4) is 0 Å². The molecule has 21 heavy (non-hydrogen) atoms. The highest BCUT2D eigenvalue weighted by Crippen LogP contribution is 2.42. The lowest BCUT2D eigenvalue weighted by Gasteiger charge is -2.27. The number of anilines is 1. The Morgan fingerprint density at radius 2 is 1.95 bits per heavy atom. The van der Waals surface area contributed by atoms with Gasteiger partial charge in [-0.1, -0.05) is 61.4 Å². The monoisotopic (exact) mass is 301 g/mol. The molecule has 0 saturated heterocycles. The van der Waals surface area contributed by atoms with Crippen LogP contribution in [0.2, 0.25) is 0 Å². The molecule has 4 nitrogen and oxygen atoms in total. The molecule has 110 valence electrons. The molecule has 1 aliphatic carbocycles. The Hall–Kier alpha value is -1.75. The topological polar surface area (TPSA) is 54.9 Å². The normalized spacial score (nSPS) is 16.8. The Balaban J connectivity index is 1.85. The van der Waals surface area contributed by atoms with Crippen LogP contribution in [-0.2, 0) is 16.6 Å². The van der Waals surface area contributed by atoms with Crippen LogP contribution >= 0.6 is 11.3 Å². The van der Waals surface area contributed by atoms with E-state index < -0.39 is 5.41 Å². The number of amides is 1. The van der Waals surface area contributed by atoms with Crippen LogP contribution in [0.5, 0.6) is 0 Å². The van der Waals surface area contributed by atoms with Gasteiger partial charge >= 0.3 is 0 Å². The molecule has 0 atom stereocenters. The molecule has 0 radical (unpaired) electrons. The van der Waals surface area contributed by atoms with E-state index in [0.717, 1.165) is 42.7 Å². The van der Waals surface area contributed by atoms with Crippen molar-refractivity contribution in [2.75, 3.05) is 5.32 Å². The van der Waals surface area contributed by atoms with Crippen LogP contribution in [0.15, 0.2) is 30.3 Å². The van der Waals surface area contributed by atoms with Crippen molar-refractivity contribution in [3.8, 4) is 0 Å². The molecule has 3 rings (SSSR count). The van der Waals surface area contributed by atoms with E-state index in [1.54, 1.807) is 0 Å².